The van der Waals surface area contributed by atoms with Crippen molar-refractivity contribution in [3.63, 3.8) is 0 Å². The van der Waals surface area contributed by atoms with Crippen molar-refractivity contribution in [3.05, 3.63) is 65.7 Å². The van der Waals surface area contributed by atoms with Crippen molar-refractivity contribution >= 4 is 44.9 Å². The zero-order chi connectivity index (χ0) is 27.1. The number of imidazole rings is 1. The van der Waals surface area contributed by atoms with E-state index in [2.05, 4.69) is 35.5 Å². The van der Waals surface area contributed by atoms with Gasteiger partial charge < -0.3 is 15.4 Å². The molecule has 0 radical (unpaired) electrons. The van der Waals surface area contributed by atoms with E-state index in [1.807, 2.05) is 37.3 Å². The second kappa shape index (κ2) is 10.0. The minimum absolute atomic E-state index is 0.0114. The first-order valence-corrected chi connectivity index (χ1v) is 13.3. The van der Waals surface area contributed by atoms with Gasteiger partial charge in [-0.2, -0.15) is 5.10 Å². The summed E-state index contributed by atoms with van der Waals surface area (Å²) >= 11 is 1.41. The zero-order valence-electron chi connectivity index (χ0n) is 21.1. The zero-order valence-corrected chi connectivity index (χ0v) is 21.9. The number of hydrogen-bond acceptors (Lipinski definition) is 8. The number of benzene rings is 1. The smallest absolute Gasteiger partial charge is 0.178 e. The van der Waals surface area contributed by atoms with Crippen LogP contribution in [0.3, 0.4) is 0 Å². The fourth-order valence-corrected chi connectivity index (χ4v) is 5.48. The number of carbonyl (C=O) groups is 1. The van der Waals surface area contributed by atoms with Crippen LogP contribution in [0.2, 0.25) is 0 Å². The van der Waals surface area contributed by atoms with Crippen LogP contribution >= 0.6 is 11.3 Å². The molecule has 4 N–H and O–H groups in total. The van der Waals surface area contributed by atoms with Gasteiger partial charge >= 0.3 is 0 Å². The van der Waals surface area contributed by atoms with E-state index in [0.717, 1.165) is 16.9 Å². The van der Waals surface area contributed by atoms with E-state index in [0.29, 0.717) is 56.2 Å². The molecule has 11 heteroatoms. The number of fused-ring (bicyclic) bond motifs is 2. The second-order valence-corrected chi connectivity index (χ2v) is 10.3. The van der Waals surface area contributed by atoms with E-state index in [1.165, 1.54) is 17.4 Å². The van der Waals surface area contributed by atoms with Crippen LogP contribution in [0.5, 0.6) is 0 Å². The molecule has 9 nitrogen and oxygen atoms in total. The highest BCUT2D eigenvalue weighted by molar-refractivity contribution is 7.17. The number of aromatic amines is 2. The summed E-state index contributed by atoms with van der Waals surface area (Å²) in [6.45, 7) is 3.53. The third-order valence-electron chi connectivity index (χ3n) is 6.43. The van der Waals surface area contributed by atoms with Crippen LogP contribution in [0, 0.1) is 5.82 Å². The van der Waals surface area contributed by atoms with Crippen LogP contribution in [-0.2, 0) is 0 Å². The average molecular weight is 542 g/mol. The van der Waals surface area contributed by atoms with Crippen molar-refractivity contribution < 1.29 is 14.3 Å². The molecule has 39 heavy (non-hydrogen) atoms. The monoisotopic (exact) mass is 541 g/mol. The number of hydrogen-bond donors (Lipinski definition) is 4. The van der Waals surface area contributed by atoms with Gasteiger partial charge in [-0.05, 0) is 55.3 Å². The summed E-state index contributed by atoms with van der Waals surface area (Å²) in [6.07, 6.45) is 5.67. The van der Waals surface area contributed by atoms with Crippen LogP contribution < -0.4 is 5.32 Å². The Morgan fingerprint density at radius 2 is 2.05 bits per heavy atom. The van der Waals surface area contributed by atoms with Gasteiger partial charge in [0.1, 0.15) is 17.4 Å². The standard InChI is InChI=1S/C28H24FN7O2S/c1-3-4-23(38)32-17-9-16(12-30-13-17)15-10-19-24(20(29)11-15)35-36-26(19)28-33-25-18(7-8-31-27(25)34-28)22-6-5-21(39-22)14(2)37/h5-13,23,32,38H,3-4H2,1-2H3,(H,35,36)(H,31,33,34). The van der Waals surface area contributed by atoms with E-state index in [4.69, 9.17) is 0 Å². The number of nitrogens with zero attached hydrogens (tertiary/aromatic N) is 4. The maximum atomic E-state index is 15.2. The highest BCUT2D eigenvalue weighted by Gasteiger charge is 2.19. The largest absolute Gasteiger partial charge is 0.374 e. The van der Waals surface area contributed by atoms with Gasteiger partial charge in [0.25, 0.3) is 0 Å². The molecule has 1 atom stereocenters. The predicted molar refractivity (Wildman–Crippen MR) is 150 cm³/mol. The number of carbonyl (C=O) groups excluding carboxylic acids is 1. The minimum Gasteiger partial charge on any atom is -0.374 e. The van der Waals surface area contributed by atoms with Crippen LogP contribution in [-0.4, -0.2) is 47.3 Å². The third kappa shape index (κ3) is 4.66. The number of nitrogens with one attached hydrogen (secondary N) is 3. The molecular weight excluding hydrogens is 517 g/mol. The van der Waals surface area contributed by atoms with E-state index in [9.17, 15) is 9.90 Å². The Morgan fingerprint density at radius 3 is 2.85 bits per heavy atom. The number of halogens is 1. The number of anilines is 1. The molecule has 0 saturated heterocycles. The first-order chi connectivity index (χ1) is 18.9. The number of aliphatic hydroxyl groups is 1. The van der Waals surface area contributed by atoms with E-state index in [-0.39, 0.29) is 11.3 Å². The second-order valence-electron chi connectivity index (χ2n) is 9.23. The number of Topliss-reactive ketones (excluding diaryl/α,β-unsaturated/α-hetero) is 1. The Balaban J connectivity index is 1.42. The van der Waals surface area contributed by atoms with E-state index in [1.54, 1.807) is 25.5 Å². The average Bonchev–Trinajstić information content (AvgIpc) is 3.66. The topological polar surface area (TPSA) is 132 Å². The van der Waals surface area contributed by atoms with Gasteiger partial charge in [-0.1, -0.05) is 13.3 Å². The van der Waals surface area contributed by atoms with Crippen molar-refractivity contribution in [3.8, 4) is 33.1 Å². The molecule has 0 spiro atoms. The Kier molecular flexibility index (Phi) is 6.37. The van der Waals surface area contributed by atoms with Gasteiger partial charge in [0.15, 0.2) is 23.1 Å². The summed E-state index contributed by atoms with van der Waals surface area (Å²) in [7, 11) is 0. The number of H-pyrrole nitrogens is 2. The first-order valence-electron chi connectivity index (χ1n) is 12.4. The number of rotatable bonds is 8. The number of pyridine rings is 2. The Bertz CT molecular complexity index is 1840. The molecule has 5 aromatic heterocycles. The molecule has 1 unspecified atom stereocenters. The molecule has 5 heterocycles. The predicted octanol–water partition coefficient (Wildman–Crippen LogP) is 6.16. The maximum Gasteiger partial charge on any atom is 0.178 e. The van der Waals surface area contributed by atoms with Crippen molar-refractivity contribution in [1.82, 2.24) is 30.1 Å². The van der Waals surface area contributed by atoms with Gasteiger partial charge in [0.2, 0.25) is 0 Å². The Hall–Kier alpha value is -4.48. The molecular formula is C28H24FN7O2S. The van der Waals surface area contributed by atoms with Crippen LogP contribution in [0.15, 0.2) is 55.0 Å². The number of ketones is 1. The van der Waals surface area contributed by atoms with Crippen molar-refractivity contribution in [2.75, 3.05) is 5.32 Å². The van der Waals surface area contributed by atoms with Crippen LogP contribution in [0.25, 0.3) is 55.2 Å². The SMILES string of the molecule is CCCC(O)Nc1cncc(-c2cc(F)c3n[nH]c(-c4nc5nccc(-c6ccc(C(C)=O)s6)c5[nH]4)c3c2)c1. The number of aromatic nitrogens is 6. The Morgan fingerprint density at radius 1 is 1.18 bits per heavy atom. The summed E-state index contributed by atoms with van der Waals surface area (Å²) < 4.78 is 15.2. The maximum absolute atomic E-state index is 15.2. The van der Waals surface area contributed by atoms with Gasteiger partial charge in [0.05, 0.1) is 22.3 Å². The van der Waals surface area contributed by atoms with Crippen molar-refractivity contribution in [2.24, 2.45) is 0 Å². The van der Waals surface area contributed by atoms with Gasteiger partial charge in [-0.25, -0.2) is 14.4 Å². The van der Waals surface area contributed by atoms with Gasteiger partial charge in [-0.15, -0.1) is 11.3 Å². The summed E-state index contributed by atoms with van der Waals surface area (Å²) in [5, 5.41) is 20.8. The molecule has 0 amide bonds. The highest BCUT2D eigenvalue weighted by atomic mass is 32.1. The lowest BCUT2D eigenvalue weighted by Crippen LogP contribution is -2.18. The lowest BCUT2D eigenvalue weighted by Gasteiger charge is -2.13. The Labute approximate surface area is 226 Å². The lowest BCUT2D eigenvalue weighted by molar-refractivity contribution is 0.102. The quantitative estimate of drug-likeness (QED) is 0.134. The molecule has 6 aromatic rings. The number of aliphatic hydroxyl groups excluding tert-OH is 1. The summed E-state index contributed by atoms with van der Waals surface area (Å²) in [5.74, 6) is -0.0134. The van der Waals surface area contributed by atoms with E-state index < -0.39 is 12.0 Å². The fraction of sp³-hybridized carbons (Fsp3) is 0.179. The molecule has 0 saturated carbocycles. The van der Waals surface area contributed by atoms with Crippen LogP contribution in [0.1, 0.15) is 36.4 Å². The molecule has 196 valence electrons. The normalized spacial score (nSPS) is 12.3. The van der Waals surface area contributed by atoms with Crippen LogP contribution in [0.4, 0.5) is 10.1 Å². The van der Waals surface area contributed by atoms with E-state index >= 15 is 4.39 Å². The summed E-state index contributed by atoms with van der Waals surface area (Å²) in [6, 6.07) is 10.7. The third-order valence-corrected chi connectivity index (χ3v) is 7.65. The first kappa shape index (κ1) is 24.8. The van der Waals surface area contributed by atoms with Gasteiger partial charge in [-0.3, -0.25) is 14.9 Å². The summed E-state index contributed by atoms with van der Waals surface area (Å²) in [5.41, 5.74) is 4.70. The van der Waals surface area contributed by atoms with Crippen molar-refractivity contribution in [2.45, 2.75) is 32.9 Å². The molecule has 6 rings (SSSR count). The lowest BCUT2D eigenvalue weighted by atomic mass is 10.0. The fourth-order valence-electron chi connectivity index (χ4n) is 4.54. The minimum atomic E-state index is -0.693. The summed E-state index contributed by atoms with van der Waals surface area (Å²) in [4.78, 5) is 30.0. The highest BCUT2D eigenvalue weighted by Crippen LogP contribution is 2.36. The number of thiophene rings is 1. The molecule has 0 aliphatic rings. The molecule has 0 fully saturated rings. The molecule has 0 aliphatic carbocycles. The molecule has 1 aromatic carbocycles. The van der Waals surface area contributed by atoms with Gasteiger partial charge in [0, 0.05) is 33.8 Å². The molecule has 0 aliphatic heterocycles. The van der Waals surface area contributed by atoms with Crippen molar-refractivity contribution in [1.29, 1.82) is 0 Å². The molecule has 0 bridgehead atoms.